The Hall–Kier alpha value is -0.550. The summed E-state index contributed by atoms with van der Waals surface area (Å²) >= 11 is 0. The molecule has 0 heterocycles. The zero-order valence-electron chi connectivity index (χ0n) is 10.2. The van der Waals surface area contributed by atoms with Crippen molar-refractivity contribution < 1.29 is 0 Å². The number of hydrogen-bond acceptors (Lipinski definition) is 2. The summed E-state index contributed by atoms with van der Waals surface area (Å²) in [6.45, 7) is 6.74. The summed E-state index contributed by atoms with van der Waals surface area (Å²) < 4.78 is 0. The topological polar surface area (TPSA) is 35.8 Å². The van der Waals surface area contributed by atoms with Crippen LogP contribution in [0.15, 0.2) is 0 Å². The standard InChI is InChI=1S/C13H24N2/c1-12(2)5-3-4-10-15-11-13(6-7-13)8-9-14/h12,15H,3-8,10-11H2,1-2H3. The van der Waals surface area contributed by atoms with E-state index >= 15 is 0 Å². The number of nitriles is 1. The van der Waals surface area contributed by atoms with E-state index in [0.717, 1.165) is 25.4 Å². The van der Waals surface area contributed by atoms with Gasteiger partial charge in [0.15, 0.2) is 0 Å². The van der Waals surface area contributed by atoms with Crippen molar-refractivity contribution in [2.24, 2.45) is 11.3 Å². The Kier molecular flexibility index (Phi) is 5.11. The molecule has 0 bridgehead atoms. The molecular formula is C13H24N2. The molecule has 0 atom stereocenters. The molecular weight excluding hydrogens is 184 g/mol. The maximum Gasteiger partial charge on any atom is 0.0628 e. The molecule has 0 spiro atoms. The lowest BCUT2D eigenvalue weighted by molar-refractivity contribution is 0.451. The van der Waals surface area contributed by atoms with E-state index in [0.29, 0.717) is 5.41 Å². The van der Waals surface area contributed by atoms with Crippen LogP contribution in [0, 0.1) is 22.7 Å². The van der Waals surface area contributed by atoms with Gasteiger partial charge in [0, 0.05) is 13.0 Å². The van der Waals surface area contributed by atoms with Crippen LogP contribution in [0.1, 0.15) is 52.4 Å². The van der Waals surface area contributed by atoms with E-state index in [9.17, 15) is 0 Å². The average molecular weight is 208 g/mol. The molecule has 0 aromatic rings. The van der Waals surface area contributed by atoms with Gasteiger partial charge < -0.3 is 5.32 Å². The zero-order valence-corrected chi connectivity index (χ0v) is 10.2. The summed E-state index contributed by atoms with van der Waals surface area (Å²) in [5.74, 6) is 0.832. The van der Waals surface area contributed by atoms with Gasteiger partial charge in [-0.1, -0.05) is 26.7 Å². The molecule has 1 fully saturated rings. The fourth-order valence-corrected chi connectivity index (χ4v) is 1.92. The highest BCUT2D eigenvalue weighted by molar-refractivity contribution is 5.00. The van der Waals surface area contributed by atoms with Gasteiger partial charge in [-0.3, -0.25) is 0 Å². The monoisotopic (exact) mass is 208 g/mol. The highest BCUT2D eigenvalue weighted by Crippen LogP contribution is 2.47. The van der Waals surface area contributed by atoms with Gasteiger partial charge in [-0.05, 0) is 37.1 Å². The van der Waals surface area contributed by atoms with Gasteiger partial charge >= 0.3 is 0 Å². The number of hydrogen-bond donors (Lipinski definition) is 1. The van der Waals surface area contributed by atoms with Gasteiger partial charge in [0.05, 0.1) is 6.07 Å². The summed E-state index contributed by atoms with van der Waals surface area (Å²) in [5.41, 5.74) is 0.368. The predicted molar refractivity (Wildman–Crippen MR) is 63.5 cm³/mol. The summed E-state index contributed by atoms with van der Waals surface area (Å²) in [5, 5.41) is 12.2. The lowest BCUT2D eigenvalue weighted by Crippen LogP contribution is -2.24. The third-order valence-electron chi connectivity index (χ3n) is 3.30. The number of rotatable bonds is 8. The van der Waals surface area contributed by atoms with Gasteiger partial charge in [-0.15, -0.1) is 0 Å². The first-order valence-corrected chi connectivity index (χ1v) is 6.26. The molecule has 1 saturated carbocycles. The molecule has 1 aliphatic rings. The Balaban J connectivity index is 1.91. The van der Waals surface area contributed by atoms with E-state index in [-0.39, 0.29) is 0 Å². The quantitative estimate of drug-likeness (QED) is 0.622. The number of unbranched alkanes of at least 4 members (excludes halogenated alkanes) is 1. The van der Waals surface area contributed by atoms with Crippen LogP contribution < -0.4 is 5.32 Å². The van der Waals surface area contributed by atoms with Gasteiger partial charge in [-0.25, -0.2) is 0 Å². The molecule has 0 amide bonds. The van der Waals surface area contributed by atoms with Crippen LogP contribution >= 0.6 is 0 Å². The smallest absolute Gasteiger partial charge is 0.0628 e. The van der Waals surface area contributed by atoms with Crippen LogP contribution in [0.4, 0.5) is 0 Å². The molecule has 0 aliphatic heterocycles. The van der Waals surface area contributed by atoms with E-state index in [1.165, 1.54) is 32.1 Å². The van der Waals surface area contributed by atoms with Gasteiger partial charge in [-0.2, -0.15) is 5.26 Å². The minimum atomic E-state index is 0.368. The van der Waals surface area contributed by atoms with E-state index in [2.05, 4.69) is 25.2 Å². The molecule has 86 valence electrons. The lowest BCUT2D eigenvalue weighted by atomic mass is 10.0. The Morgan fingerprint density at radius 1 is 1.33 bits per heavy atom. The van der Waals surface area contributed by atoms with E-state index in [4.69, 9.17) is 5.26 Å². The van der Waals surface area contributed by atoms with Crippen molar-refractivity contribution in [2.45, 2.75) is 52.4 Å². The summed E-state index contributed by atoms with van der Waals surface area (Å²) in [6, 6.07) is 2.30. The maximum atomic E-state index is 8.67. The van der Waals surface area contributed by atoms with Crippen molar-refractivity contribution in [3.8, 4) is 6.07 Å². The van der Waals surface area contributed by atoms with E-state index in [1.807, 2.05) is 0 Å². The second kappa shape index (κ2) is 6.12. The van der Waals surface area contributed by atoms with Crippen molar-refractivity contribution in [3.63, 3.8) is 0 Å². The van der Waals surface area contributed by atoms with Crippen molar-refractivity contribution in [3.05, 3.63) is 0 Å². The van der Waals surface area contributed by atoms with Crippen LogP contribution in [-0.2, 0) is 0 Å². The summed E-state index contributed by atoms with van der Waals surface area (Å²) in [4.78, 5) is 0. The first-order valence-electron chi connectivity index (χ1n) is 6.26. The number of nitrogens with one attached hydrogen (secondary N) is 1. The van der Waals surface area contributed by atoms with E-state index < -0.39 is 0 Å². The summed E-state index contributed by atoms with van der Waals surface area (Å²) in [7, 11) is 0. The predicted octanol–water partition coefficient (Wildman–Crippen LogP) is 3.10. The van der Waals surface area contributed by atoms with Gasteiger partial charge in [0.2, 0.25) is 0 Å². The maximum absolute atomic E-state index is 8.67. The van der Waals surface area contributed by atoms with Crippen LogP contribution in [0.25, 0.3) is 0 Å². The Morgan fingerprint density at radius 3 is 2.60 bits per heavy atom. The molecule has 0 aromatic heterocycles. The van der Waals surface area contributed by atoms with E-state index in [1.54, 1.807) is 0 Å². The highest BCUT2D eigenvalue weighted by Gasteiger charge is 2.41. The SMILES string of the molecule is CC(C)CCCCNCC1(CC#N)CC1. The molecule has 0 aromatic carbocycles. The molecule has 0 radical (unpaired) electrons. The van der Waals surface area contributed by atoms with Crippen molar-refractivity contribution in [1.29, 1.82) is 5.26 Å². The lowest BCUT2D eigenvalue weighted by Gasteiger charge is -2.12. The molecule has 1 rings (SSSR count). The molecule has 0 saturated heterocycles. The Morgan fingerprint density at radius 2 is 2.07 bits per heavy atom. The molecule has 2 heteroatoms. The third kappa shape index (κ3) is 5.18. The average Bonchev–Trinajstić information content (AvgIpc) is 2.92. The molecule has 15 heavy (non-hydrogen) atoms. The van der Waals surface area contributed by atoms with Gasteiger partial charge in [0.25, 0.3) is 0 Å². The normalized spacial score (nSPS) is 17.7. The molecule has 0 unspecified atom stereocenters. The van der Waals surface area contributed by atoms with Crippen molar-refractivity contribution in [1.82, 2.24) is 5.32 Å². The Labute approximate surface area is 94.1 Å². The van der Waals surface area contributed by atoms with Crippen LogP contribution in [0.2, 0.25) is 0 Å². The highest BCUT2D eigenvalue weighted by atomic mass is 14.9. The fourth-order valence-electron chi connectivity index (χ4n) is 1.92. The fraction of sp³-hybridized carbons (Fsp3) is 0.923. The molecule has 1 aliphatic carbocycles. The Bertz CT molecular complexity index is 211. The first-order chi connectivity index (χ1) is 7.18. The van der Waals surface area contributed by atoms with Crippen LogP contribution in [0.3, 0.4) is 0 Å². The molecule has 2 nitrogen and oxygen atoms in total. The van der Waals surface area contributed by atoms with Crippen molar-refractivity contribution in [2.75, 3.05) is 13.1 Å². The minimum absolute atomic E-state index is 0.368. The minimum Gasteiger partial charge on any atom is -0.316 e. The second-order valence-electron chi connectivity index (χ2n) is 5.40. The largest absolute Gasteiger partial charge is 0.316 e. The molecule has 1 N–H and O–H groups in total. The summed E-state index contributed by atoms with van der Waals surface area (Å²) in [6.07, 6.45) is 7.19. The second-order valence-corrected chi connectivity index (χ2v) is 5.40. The van der Waals surface area contributed by atoms with Crippen LogP contribution in [0.5, 0.6) is 0 Å². The van der Waals surface area contributed by atoms with Crippen molar-refractivity contribution >= 4 is 0 Å². The zero-order chi connectivity index (χ0) is 11.1. The van der Waals surface area contributed by atoms with Gasteiger partial charge in [0.1, 0.15) is 0 Å². The number of nitrogens with zero attached hydrogens (tertiary/aromatic N) is 1. The first kappa shape index (κ1) is 12.5. The third-order valence-corrected chi connectivity index (χ3v) is 3.30. The van der Waals surface area contributed by atoms with Crippen LogP contribution in [-0.4, -0.2) is 13.1 Å².